The summed E-state index contributed by atoms with van der Waals surface area (Å²) in [6.45, 7) is 1.90. The van der Waals surface area contributed by atoms with E-state index in [9.17, 15) is 10.2 Å². The molecule has 0 aliphatic heterocycles. The molecule has 2 aromatic rings. The molecule has 1 aromatic carbocycles. The molecular formula is C11H12N2O2S. The third-order valence-corrected chi connectivity index (χ3v) is 2.95. The summed E-state index contributed by atoms with van der Waals surface area (Å²) in [5, 5.41) is 24.8. The van der Waals surface area contributed by atoms with Gasteiger partial charge in [-0.15, -0.1) is 11.3 Å². The summed E-state index contributed by atoms with van der Waals surface area (Å²) < 4.78 is 0. The standard InChI is InChI=1S/C11H12N2O2S/c1-7(13-11-12-4-5-16-11)9-6-8(14)2-3-10(9)15/h2-7,14-15H,1H3,(H,12,13). The molecule has 0 spiro atoms. The van der Waals surface area contributed by atoms with Crippen LogP contribution >= 0.6 is 11.3 Å². The number of anilines is 1. The molecule has 0 radical (unpaired) electrons. The molecule has 0 saturated carbocycles. The number of benzene rings is 1. The lowest BCUT2D eigenvalue weighted by Gasteiger charge is -2.14. The van der Waals surface area contributed by atoms with Crippen molar-refractivity contribution in [1.82, 2.24) is 4.98 Å². The minimum Gasteiger partial charge on any atom is -0.508 e. The van der Waals surface area contributed by atoms with Gasteiger partial charge in [0.25, 0.3) is 0 Å². The first kappa shape index (κ1) is 10.8. The topological polar surface area (TPSA) is 65.4 Å². The van der Waals surface area contributed by atoms with Crippen LogP contribution in [-0.2, 0) is 0 Å². The molecule has 1 atom stereocenters. The molecule has 1 aromatic heterocycles. The van der Waals surface area contributed by atoms with E-state index >= 15 is 0 Å². The van der Waals surface area contributed by atoms with Crippen LogP contribution in [0.4, 0.5) is 5.13 Å². The molecule has 2 rings (SSSR count). The van der Waals surface area contributed by atoms with Crippen molar-refractivity contribution in [2.45, 2.75) is 13.0 Å². The molecule has 1 unspecified atom stereocenters. The Labute approximate surface area is 97.2 Å². The second-order valence-corrected chi connectivity index (χ2v) is 4.34. The van der Waals surface area contributed by atoms with Crippen LogP contribution in [0.1, 0.15) is 18.5 Å². The van der Waals surface area contributed by atoms with Gasteiger partial charge in [0.2, 0.25) is 0 Å². The van der Waals surface area contributed by atoms with E-state index in [1.165, 1.54) is 23.5 Å². The number of nitrogens with one attached hydrogen (secondary N) is 1. The molecule has 4 nitrogen and oxygen atoms in total. The molecule has 3 N–H and O–H groups in total. The number of hydrogen-bond acceptors (Lipinski definition) is 5. The van der Waals surface area contributed by atoms with Crippen LogP contribution in [0.3, 0.4) is 0 Å². The van der Waals surface area contributed by atoms with Crippen LogP contribution in [-0.4, -0.2) is 15.2 Å². The fraction of sp³-hybridized carbons (Fsp3) is 0.182. The Balaban J connectivity index is 2.20. The van der Waals surface area contributed by atoms with Gasteiger partial charge in [0, 0.05) is 17.1 Å². The molecule has 0 fully saturated rings. The first-order valence-corrected chi connectivity index (χ1v) is 5.72. The SMILES string of the molecule is CC(Nc1nccs1)c1cc(O)ccc1O. The predicted molar refractivity (Wildman–Crippen MR) is 63.9 cm³/mol. The van der Waals surface area contributed by atoms with Gasteiger partial charge in [-0.25, -0.2) is 4.98 Å². The molecule has 0 saturated heterocycles. The van der Waals surface area contributed by atoms with Gasteiger partial charge in [0.05, 0.1) is 6.04 Å². The summed E-state index contributed by atoms with van der Waals surface area (Å²) in [6, 6.07) is 4.36. The van der Waals surface area contributed by atoms with Crippen molar-refractivity contribution in [2.24, 2.45) is 0 Å². The lowest BCUT2D eigenvalue weighted by molar-refractivity contribution is 0.451. The fourth-order valence-corrected chi connectivity index (χ4v) is 2.06. The zero-order valence-electron chi connectivity index (χ0n) is 8.71. The third kappa shape index (κ3) is 2.25. The fourth-order valence-electron chi connectivity index (χ4n) is 1.45. The Morgan fingerprint density at radius 1 is 1.38 bits per heavy atom. The van der Waals surface area contributed by atoms with E-state index in [1.807, 2.05) is 12.3 Å². The second-order valence-electron chi connectivity index (χ2n) is 3.45. The summed E-state index contributed by atoms with van der Waals surface area (Å²) in [6.07, 6.45) is 1.71. The smallest absolute Gasteiger partial charge is 0.183 e. The zero-order valence-corrected chi connectivity index (χ0v) is 9.53. The van der Waals surface area contributed by atoms with Gasteiger partial charge in [-0.1, -0.05) is 0 Å². The summed E-state index contributed by atoms with van der Waals surface area (Å²) in [4.78, 5) is 4.10. The van der Waals surface area contributed by atoms with Gasteiger partial charge in [-0.05, 0) is 25.1 Å². The van der Waals surface area contributed by atoms with Crippen LogP contribution in [0, 0.1) is 0 Å². The highest BCUT2D eigenvalue weighted by molar-refractivity contribution is 7.13. The van der Waals surface area contributed by atoms with Crippen molar-refractivity contribution < 1.29 is 10.2 Å². The molecule has 5 heteroatoms. The molecule has 0 amide bonds. The number of phenols is 2. The zero-order chi connectivity index (χ0) is 11.5. The lowest BCUT2D eigenvalue weighted by atomic mass is 10.1. The summed E-state index contributed by atoms with van der Waals surface area (Å²) >= 11 is 1.49. The van der Waals surface area contributed by atoms with Gasteiger partial charge < -0.3 is 15.5 Å². The second kappa shape index (κ2) is 4.40. The van der Waals surface area contributed by atoms with Crippen molar-refractivity contribution in [2.75, 3.05) is 5.32 Å². The minimum absolute atomic E-state index is 0.113. The number of thiazole rings is 1. The Morgan fingerprint density at radius 2 is 2.19 bits per heavy atom. The van der Waals surface area contributed by atoms with Crippen molar-refractivity contribution in [1.29, 1.82) is 0 Å². The Kier molecular flexibility index (Phi) is 2.96. The largest absolute Gasteiger partial charge is 0.508 e. The van der Waals surface area contributed by atoms with Crippen LogP contribution in [0.15, 0.2) is 29.8 Å². The molecule has 1 heterocycles. The Morgan fingerprint density at radius 3 is 2.88 bits per heavy atom. The van der Waals surface area contributed by atoms with Crippen molar-refractivity contribution in [3.8, 4) is 11.5 Å². The number of rotatable bonds is 3. The maximum absolute atomic E-state index is 9.67. The van der Waals surface area contributed by atoms with Gasteiger partial charge in [0.1, 0.15) is 11.5 Å². The molecule has 16 heavy (non-hydrogen) atoms. The van der Waals surface area contributed by atoms with E-state index < -0.39 is 0 Å². The average Bonchev–Trinajstić information content (AvgIpc) is 2.74. The van der Waals surface area contributed by atoms with Gasteiger partial charge >= 0.3 is 0 Å². The number of phenolic OH excluding ortho intramolecular Hbond substituents is 2. The van der Waals surface area contributed by atoms with Crippen molar-refractivity contribution in [3.05, 3.63) is 35.3 Å². The molecule has 84 valence electrons. The highest BCUT2D eigenvalue weighted by Gasteiger charge is 2.11. The highest BCUT2D eigenvalue weighted by atomic mass is 32.1. The minimum atomic E-state index is -0.113. The normalized spacial score (nSPS) is 12.3. The van der Waals surface area contributed by atoms with Crippen LogP contribution in [0.2, 0.25) is 0 Å². The summed E-state index contributed by atoms with van der Waals surface area (Å²) in [5.74, 6) is 0.301. The predicted octanol–water partition coefficient (Wildman–Crippen LogP) is 2.73. The van der Waals surface area contributed by atoms with Crippen molar-refractivity contribution in [3.63, 3.8) is 0 Å². The van der Waals surface area contributed by atoms with Crippen molar-refractivity contribution >= 4 is 16.5 Å². The number of aromatic nitrogens is 1. The molecule has 0 aliphatic rings. The first-order chi connectivity index (χ1) is 7.66. The maximum atomic E-state index is 9.67. The van der Waals surface area contributed by atoms with Gasteiger partial charge in [-0.2, -0.15) is 0 Å². The van der Waals surface area contributed by atoms with Crippen LogP contribution in [0.25, 0.3) is 0 Å². The van der Waals surface area contributed by atoms with Gasteiger partial charge in [-0.3, -0.25) is 0 Å². The highest BCUT2D eigenvalue weighted by Crippen LogP contribution is 2.30. The molecule has 0 bridgehead atoms. The summed E-state index contributed by atoms with van der Waals surface area (Å²) in [7, 11) is 0. The van der Waals surface area contributed by atoms with E-state index in [2.05, 4.69) is 10.3 Å². The van der Waals surface area contributed by atoms with E-state index in [4.69, 9.17) is 0 Å². The Hall–Kier alpha value is -1.75. The third-order valence-electron chi connectivity index (χ3n) is 2.25. The number of hydrogen-bond donors (Lipinski definition) is 3. The van der Waals surface area contributed by atoms with E-state index in [1.54, 1.807) is 12.3 Å². The number of aromatic hydroxyl groups is 2. The van der Waals surface area contributed by atoms with Gasteiger partial charge in [0.15, 0.2) is 5.13 Å². The van der Waals surface area contributed by atoms with Crippen LogP contribution < -0.4 is 5.32 Å². The number of nitrogens with zero attached hydrogens (tertiary/aromatic N) is 1. The Bertz CT molecular complexity index is 471. The maximum Gasteiger partial charge on any atom is 0.183 e. The molecular weight excluding hydrogens is 224 g/mol. The van der Waals surface area contributed by atoms with Crippen LogP contribution in [0.5, 0.6) is 11.5 Å². The van der Waals surface area contributed by atoms with E-state index in [-0.39, 0.29) is 17.5 Å². The van der Waals surface area contributed by atoms with E-state index in [0.717, 1.165) is 5.13 Å². The van der Waals surface area contributed by atoms with E-state index in [0.29, 0.717) is 5.56 Å². The lowest BCUT2D eigenvalue weighted by Crippen LogP contribution is -2.06. The molecule has 0 aliphatic carbocycles. The quantitative estimate of drug-likeness (QED) is 0.717. The average molecular weight is 236 g/mol. The summed E-state index contributed by atoms with van der Waals surface area (Å²) in [5.41, 5.74) is 0.648. The first-order valence-electron chi connectivity index (χ1n) is 4.84. The monoisotopic (exact) mass is 236 g/mol.